The Morgan fingerprint density at radius 3 is 2.28 bits per heavy atom. The largest absolute Gasteiger partial charge is 0.368 e. The third-order valence-corrected chi connectivity index (χ3v) is 6.68. The average Bonchev–Trinajstić information content (AvgIpc) is 3.26. The summed E-state index contributed by atoms with van der Waals surface area (Å²) in [6.07, 6.45) is 6.88. The van der Waals surface area contributed by atoms with Crippen molar-refractivity contribution in [2.75, 3.05) is 18.1 Å². The predicted molar refractivity (Wildman–Crippen MR) is 118 cm³/mol. The minimum atomic E-state index is -0.785. The maximum atomic E-state index is 13.3. The number of hydrogen-bond acceptors (Lipinski definition) is 5. The summed E-state index contributed by atoms with van der Waals surface area (Å²) >= 11 is 0. The molecule has 0 aromatic heterocycles. The minimum absolute atomic E-state index is 0.0769. The maximum Gasteiger partial charge on any atom is 0.270 e. The minimum Gasteiger partial charge on any atom is -0.368 e. The fraction of sp³-hybridized carbons (Fsp3) is 0.565. The lowest BCUT2D eigenvalue weighted by Crippen LogP contribution is -2.49. The Kier molecular flexibility index (Phi) is 6.72. The number of benzene rings is 1. The van der Waals surface area contributed by atoms with Crippen molar-refractivity contribution in [3.05, 3.63) is 30.1 Å². The first-order valence-electron chi connectivity index (χ1n) is 11.4. The number of nitrogens with zero attached hydrogens (tertiary/aromatic N) is 3. The first-order chi connectivity index (χ1) is 15.4. The van der Waals surface area contributed by atoms with E-state index in [9.17, 15) is 18.8 Å². The first-order valence-corrected chi connectivity index (χ1v) is 11.4. The van der Waals surface area contributed by atoms with Gasteiger partial charge < -0.3 is 16.0 Å². The molecule has 2 fully saturated rings. The number of halogens is 1. The van der Waals surface area contributed by atoms with Crippen LogP contribution >= 0.6 is 0 Å². The summed E-state index contributed by atoms with van der Waals surface area (Å²) in [4.78, 5) is 39.2. The molecule has 1 aliphatic carbocycles. The van der Waals surface area contributed by atoms with Crippen LogP contribution < -0.4 is 16.1 Å². The van der Waals surface area contributed by atoms with E-state index < -0.39 is 17.8 Å². The summed E-state index contributed by atoms with van der Waals surface area (Å²) in [5.74, 6) is -0.946. The molecule has 1 saturated carbocycles. The summed E-state index contributed by atoms with van der Waals surface area (Å²) in [6, 6.07) is 4.84. The highest BCUT2D eigenvalue weighted by Gasteiger charge is 2.37. The fourth-order valence-electron chi connectivity index (χ4n) is 4.79. The number of carbonyl (C=O) groups is 3. The van der Waals surface area contributed by atoms with Crippen LogP contribution in [0.25, 0.3) is 0 Å². The van der Waals surface area contributed by atoms with Gasteiger partial charge in [0.25, 0.3) is 5.91 Å². The molecule has 4 rings (SSSR count). The van der Waals surface area contributed by atoms with Gasteiger partial charge in [0.1, 0.15) is 17.6 Å². The van der Waals surface area contributed by atoms with Crippen molar-refractivity contribution < 1.29 is 18.8 Å². The van der Waals surface area contributed by atoms with Crippen LogP contribution in [0.4, 0.5) is 10.1 Å². The monoisotopic (exact) mass is 443 g/mol. The van der Waals surface area contributed by atoms with Crippen LogP contribution in [0.15, 0.2) is 29.4 Å². The Labute approximate surface area is 187 Å². The SMILES string of the molecule is NC(=O)C1CC(C(=O)N2CCC(NC(=O)C3CCCCC3)CC2)=NN1c1ccc(F)cc1. The zero-order valence-corrected chi connectivity index (χ0v) is 18.1. The molecule has 3 amide bonds. The molecule has 1 unspecified atom stereocenters. The van der Waals surface area contributed by atoms with Crippen LogP contribution in [0.5, 0.6) is 0 Å². The summed E-state index contributed by atoms with van der Waals surface area (Å²) in [5.41, 5.74) is 6.30. The number of nitrogens with one attached hydrogen (secondary N) is 1. The summed E-state index contributed by atoms with van der Waals surface area (Å²) in [6.45, 7) is 1.04. The molecule has 32 heavy (non-hydrogen) atoms. The number of likely N-dealkylation sites (tertiary alicyclic amines) is 1. The van der Waals surface area contributed by atoms with Crippen molar-refractivity contribution in [2.24, 2.45) is 16.8 Å². The number of hydrazone groups is 1. The van der Waals surface area contributed by atoms with E-state index in [1.54, 1.807) is 4.90 Å². The molecule has 2 aliphatic heterocycles. The number of rotatable bonds is 5. The molecular formula is C23H30FN5O3. The molecule has 0 spiro atoms. The van der Waals surface area contributed by atoms with E-state index in [1.165, 1.54) is 35.7 Å². The van der Waals surface area contributed by atoms with Gasteiger partial charge in [0.15, 0.2) is 0 Å². The van der Waals surface area contributed by atoms with Crippen molar-refractivity contribution in [1.82, 2.24) is 10.2 Å². The van der Waals surface area contributed by atoms with E-state index in [0.717, 1.165) is 25.7 Å². The number of piperidine rings is 1. The lowest BCUT2D eigenvalue weighted by Gasteiger charge is -2.33. The van der Waals surface area contributed by atoms with E-state index in [1.807, 2.05) is 0 Å². The van der Waals surface area contributed by atoms with Crippen LogP contribution in [0, 0.1) is 11.7 Å². The molecule has 1 aromatic carbocycles. The maximum absolute atomic E-state index is 13.3. The van der Waals surface area contributed by atoms with Gasteiger partial charge in [-0.3, -0.25) is 19.4 Å². The van der Waals surface area contributed by atoms with E-state index in [4.69, 9.17) is 5.73 Å². The standard InChI is InChI=1S/C23H30FN5O3/c24-16-6-8-18(9-7-16)29-20(21(25)30)14-19(27-29)23(32)28-12-10-17(11-13-28)26-22(31)15-4-2-1-3-5-15/h6-9,15,17,20H,1-5,10-14H2,(H2,25,30)(H,26,31). The normalized spacial score (nSPS) is 22.5. The smallest absolute Gasteiger partial charge is 0.270 e. The van der Waals surface area contributed by atoms with E-state index in [2.05, 4.69) is 10.4 Å². The molecule has 2 heterocycles. The fourth-order valence-corrected chi connectivity index (χ4v) is 4.79. The van der Waals surface area contributed by atoms with Crippen LogP contribution in [0.2, 0.25) is 0 Å². The topological polar surface area (TPSA) is 108 Å². The van der Waals surface area contributed by atoms with Gasteiger partial charge in [0.05, 0.1) is 5.69 Å². The van der Waals surface area contributed by atoms with Gasteiger partial charge in [-0.2, -0.15) is 5.10 Å². The molecular weight excluding hydrogens is 413 g/mol. The van der Waals surface area contributed by atoms with Crippen LogP contribution in [0.1, 0.15) is 51.4 Å². The lowest BCUT2D eigenvalue weighted by molar-refractivity contribution is -0.127. The van der Waals surface area contributed by atoms with Crippen LogP contribution in [-0.4, -0.2) is 53.5 Å². The van der Waals surface area contributed by atoms with Crippen molar-refractivity contribution in [1.29, 1.82) is 0 Å². The van der Waals surface area contributed by atoms with Crippen LogP contribution in [0.3, 0.4) is 0 Å². The van der Waals surface area contributed by atoms with Crippen molar-refractivity contribution in [2.45, 2.75) is 63.5 Å². The Bertz CT molecular complexity index is 889. The summed E-state index contributed by atoms with van der Waals surface area (Å²) in [5, 5.41) is 8.92. The second kappa shape index (κ2) is 9.67. The van der Waals surface area contributed by atoms with E-state index in [-0.39, 0.29) is 35.9 Å². The molecule has 8 nitrogen and oxygen atoms in total. The van der Waals surface area contributed by atoms with E-state index >= 15 is 0 Å². The lowest BCUT2D eigenvalue weighted by atomic mass is 9.88. The second-order valence-corrected chi connectivity index (χ2v) is 8.90. The van der Waals surface area contributed by atoms with Gasteiger partial charge in [-0.05, 0) is 49.9 Å². The molecule has 9 heteroatoms. The third kappa shape index (κ3) is 4.92. The number of primary amides is 1. The first kappa shape index (κ1) is 22.2. The third-order valence-electron chi connectivity index (χ3n) is 6.68. The molecule has 3 aliphatic rings. The Morgan fingerprint density at radius 1 is 1.00 bits per heavy atom. The van der Waals surface area contributed by atoms with Crippen molar-refractivity contribution >= 4 is 29.1 Å². The second-order valence-electron chi connectivity index (χ2n) is 8.90. The summed E-state index contributed by atoms with van der Waals surface area (Å²) in [7, 11) is 0. The summed E-state index contributed by atoms with van der Waals surface area (Å²) < 4.78 is 13.3. The van der Waals surface area contributed by atoms with E-state index in [0.29, 0.717) is 31.6 Å². The highest BCUT2D eigenvalue weighted by molar-refractivity contribution is 6.40. The number of amides is 3. The number of nitrogens with two attached hydrogens (primary N) is 1. The molecule has 172 valence electrons. The predicted octanol–water partition coefficient (Wildman–Crippen LogP) is 1.93. The number of anilines is 1. The molecule has 3 N–H and O–H groups in total. The van der Waals surface area contributed by atoms with Gasteiger partial charge in [-0.25, -0.2) is 4.39 Å². The molecule has 1 aromatic rings. The Hall–Kier alpha value is -2.97. The number of hydrogen-bond donors (Lipinski definition) is 2. The highest BCUT2D eigenvalue weighted by atomic mass is 19.1. The van der Waals surface area contributed by atoms with Gasteiger partial charge in [-0.1, -0.05) is 19.3 Å². The number of carbonyl (C=O) groups excluding carboxylic acids is 3. The molecule has 0 radical (unpaired) electrons. The highest BCUT2D eigenvalue weighted by Crippen LogP contribution is 2.27. The molecule has 0 bridgehead atoms. The Morgan fingerprint density at radius 2 is 1.66 bits per heavy atom. The molecule has 1 atom stereocenters. The van der Waals surface area contributed by atoms with Gasteiger partial charge in [-0.15, -0.1) is 0 Å². The molecule has 1 saturated heterocycles. The van der Waals surface area contributed by atoms with Crippen molar-refractivity contribution in [3.8, 4) is 0 Å². The van der Waals surface area contributed by atoms with Gasteiger partial charge in [0.2, 0.25) is 11.8 Å². The average molecular weight is 444 g/mol. The quantitative estimate of drug-likeness (QED) is 0.725. The Balaban J connectivity index is 1.35. The van der Waals surface area contributed by atoms with Crippen molar-refractivity contribution in [3.63, 3.8) is 0 Å². The zero-order valence-electron chi connectivity index (χ0n) is 18.1. The van der Waals surface area contributed by atoms with Crippen LogP contribution in [-0.2, 0) is 14.4 Å². The zero-order chi connectivity index (χ0) is 22.7. The van der Waals surface area contributed by atoms with Gasteiger partial charge >= 0.3 is 0 Å². The van der Waals surface area contributed by atoms with Gasteiger partial charge in [0, 0.05) is 31.5 Å².